The Morgan fingerprint density at radius 2 is 0.672 bits per heavy atom. The van der Waals surface area contributed by atoms with Gasteiger partial charge in [0.1, 0.15) is 0 Å². The number of esters is 2. The first kappa shape index (κ1) is 56.4. The summed E-state index contributed by atoms with van der Waals surface area (Å²) < 4.78 is 11.6. The molecule has 0 unspecified atom stereocenters. The normalized spacial score (nSPS) is 11.6. The Bertz CT molecular complexity index is 802. The minimum Gasteiger partial charge on any atom is -0.481 e. The molecular formula is C51H99NO6. The average molecular weight is 822 g/mol. The van der Waals surface area contributed by atoms with E-state index in [0.717, 1.165) is 51.6 Å². The third-order valence-corrected chi connectivity index (χ3v) is 12.2. The van der Waals surface area contributed by atoms with Crippen molar-refractivity contribution in [3.8, 4) is 0 Å². The summed E-state index contributed by atoms with van der Waals surface area (Å²) in [5.74, 6) is 0.0719. The summed E-state index contributed by atoms with van der Waals surface area (Å²) in [6.07, 6.45) is 42.3. The van der Waals surface area contributed by atoms with Crippen molar-refractivity contribution in [2.45, 2.75) is 265 Å². The molecule has 0 aromatic carbocycles. The third-order valence-electron chi connectivity index (χ3n) is 12.2. The van der Waals surface area contributed by atoms with Gasteiger partial charge in [-0.15, -0.1) is 0 Å². The monoisotopic (exact) mass is 822 g/mol. The molecule has 0 aromatic heterocycles. The molecule has 0 atom stereocenters. The number of ether oxygens (including phenoxy) is 2. The molecule has 0 saturated heterocycles. The van der Waals surface area contributed by atoms with Crippen molar-refractivity contribution < 1.29 is 29.0 Å². The minimum absolute atomic E-state index is 0.0664. The second-order valence-corrected chi connectivity index (χ2v) is 17.9. The number of nitrogens with zero attached hydrogens (tertiary/aromatic N) is 1. The number of unbranched alkanes of at least 4 members (excludes halogenated alkanes) is 24. The second kappa shape index (κ2) is 44.9. The highest BCUT2D eigenvalue weighted by atomic mass is 16.5. The summed E-state index contributed by atoms with van der Waals surface area (Å²) in [4.78, 5) is 38.9. The fourth-order valence-electron chi connectivity index (χ4n) is 8.19. The van der Waals surface area contributed by atoms with Crippen LogP contribution in [0.15, 0.2) is 0 Å². The molecule has 58 heavy (non-hydrogen) atoms. The first-order chi connectivity index (χ1) is 28.4. The molecule has 0 rings (SSSR count). The van der Waals surface area contributed by atoms with Gasteiger partial charge >= 0.3 is 17.9 Å². The van der Waals surface area contributed by atoms with Crippen LogP contribution in [0.25, 0.3) is 0 Å². The van der Waals surface area contributed by atoms with Crippen LogP contribution in [0.2, 0.25) is 0 Å². The first-order valence-electron chi connectivity index (χ1n) is 25.6. The molecule has 0 radical (unpaired) electrons. The van der Waals surface area contributed by atoms with Gasteiger partial charge in [0.15, 0.2) is 0 Å². The lowest BCUT2D eigenvalue weighted by Crippen LogP contribution is -2.28. The molecule has 7 heteroatoms. The summed E-state index contributed by atoms with van der Waals surface area (Å²) >= 11 is 0. The number of hydrogen-bond donors (Lipinski definition) is 1. The van der Waals surface area contributed by atoms with E-state index >= 15 is 0 Å². The highest BCUT2D eigenvalue weighted by molar-refractivity contribution is 5.69. The summed E-state index contributed by atoms with van der Waals surface area (Å²) in [6, 6.07) is 0. The van der Waals surface area contributed by atoms with Crippen molar-refractivity contribution in [3.05, 3.63) is 0 Å². The summed E-state index contributed by atoms with van der Waals surface area (Å²) in [6.45, 7) is 12.4. The molecule has 0 aliphatic heterocycles. The fraction of sp³-hybridized carbons (Fsp3) is 0.941. The van der Waals surface area contributed by atoms with Gasteiger partial charge in [-0.05, 0) is 76.3 Å². The third kappa shape index (κ3) is 41.1. The number of hydrogen-bond acceptors (Lipinski definition) is 6. The van der Waals surface area contributed by atoms with Crippen molar-refractivity contribution in [2.75, 3.05) is 32.8 Å². The Labute approximate surface area is 360 Å². The number of carboxylic acid groups (broad SMARTS) is 1. The number of carbonyl (C=O) groups excluding carboxylic acids is 2. The molecule has 0 aliphatic rings. The number of carboxylic acids is 1. The zero-order valence-corrected chi connectivity index (χ0v) is 39.3. The molecule has 1 N–H and O–H groups in total. The zero-order chi connectivity index (χ0) is 42.6. The van der Waals surface area contributed by atoms with E-state index < -0.39 is 5.97 Å². The molecule has 0 saturated carbocycles. The van der Waals surface area contributed by atoms with Crippen LogP contribution in [-0.2, 0) is 23.9 Å². The Morgan fingerprint density at radius 3 is 0.983 bits per heavy atom. The van der Waals surface area contributed by atoms with Crippen molar-refractivity contribution in [1.82, 2.24) is 4.90 Å². The van der Waals surface area contributed by atoms with Crippen LogP contribution in [-0.4, -0.2) is 60.8 Å². The van der Waals surface area contributed by atoms with E-state index in [4.69, 9.17) is 9.47 Å². The van der Waals surface area contributed by atoms with Crippen LogP contribution in [0.1, 0.15) is 265 Å². The highest BCUT2D eigenvalue weighted by Gasteiger charge is 2.15. The van der Waals surface area contributed by atoms with Gasteiger partial charge in [-0.25, -0.2) is 0 Å². The van der Waals surface area contributed by atoms with Gasteiger partial charge in [0, 0.05) is 19.4 Å². The first-order valence-corrected chi connectivity index (χ1v) is 25.6. The standard InChI is InChI=1S/C51H99NO6/c1-5-9-13-17-21-27-35-47(36-28-22-18-14-10-6-2)45-57-50(55)39-31-25-33-42-52(44-41-49(53)54)43-34-26-32-40-51(56)58-46-48(37-29-23-19-15-11-7-3)38-30-24-20-16-12-8-4/h47-48H,5-46H2,1-4H3,(H,53,54). The molecule has 344 valence electrons. The number of aliphatic carboxylic acids is 1. The fourth-order valence-corrected chi connectivity index (χ4v) is 8.19. The van der Waals surface area contributed by atoms with Crippen LogP contribution >= 0.6 is 0 Å². The van der Waals surface area contributed by atoms with E-state index in [0.29, 0.717) is 44.4 Å². The molecule has 0 aliphatic carbocycles. The molecule has 0 amide bonds. The van der Waals surface area contributed by atoms with Gasteiger partial charge in [0.25, 0.3) is 0 Å². The van der Waals surface area contributed by atoms with E-state index in [9.17, 15) is 19.5 Å². The van der Waals surface area contributed by atoms with Gasteiger partial charge in [0.05, 0.1) is 19.6 Å². The number of carbonyl (C=O) groups is 3. The smallest absolute Gasteiger partial charge is 0.305 e. The topological polar surface area (TPSA) is 93.1 Å². The molecule has 0 bridgehead atoms. The molecule has 0 heterocycles. The van der Waals surface area contributed by atoms with Gasteiger partial charge in [-0.3, -0.25) is 14.4 Å². The zero-order valence-electron chi connectivity index (χ0n) is 39.3. The quantitative estimate of drug-likeness (QED) is 0.0483. The summed E-state index contributed by atoms with van der Waals surface area (Å²) in [7, 11) is 0. The van der Waals surface area contributed by atoms with Crippen molar-refractivity contribution >= 4 is 17.9 Å². The van der Waals surface area contributed by atoms with Crippen LogP contribution in [0.3, 0.4) is 0 Å². The van der Waals surface area contributed by atoms with Crippen LogP contribution in [0.5, 0.6) is 0 Å². The Hall–Kier alpha value is -1.63. The van der Waals surface area contributed by atoms with Gasteiger partial charge in [0.2, 0.25) is 0 Å². The summed E-state index contributed by atoms with van der Waals surface area (Å²) in [5.41, 5.74) is 0. The summed E-state index contributed by atoms with van der Waals surface area (Å²) in [5, 5.41) is 9.32. The average Bonchev–Trinajstić information content (AvgIpc) is 3.21. The van der Waals surface area contributed by atoms with Gasteiger partial charge < -0.3 is 19.5 Å². The Kier molecular flexibility index (Phi) is 43.6. The largest absolute Gasteiger partial charge is 0.481 e. The van der Waals surface area contributed by atoms with E-state index in [1.54, 1.807) is 0 Å². The molecule has 0 aromatic rings. The molecular weight excluding hydrogens is 723 g/mol. The van der Waals surface area contributed by atoms with E-state index in [-0.39, 0.29) is 18.4 Å². The SMILES string of the molecule is CCCCCCCCC(CCCCCCCC)COC(=O)CCCCCN(CCCCCC(=O)OCC(CCCCCCCC)CCCCCCCC)CCC(=O)O. The Balaban J connectivity index is 4.48. The van der Waals surface area contributed by atoms with E-state index in [1.807, 2.05) is 0 Å². The van der Waals surface area contributed by atoms with Crippen LogP contribution in [0.4, 0.5) is 0 Å². The second-order valence-electron chi connectivity index (χ2n) is 17.9. The lowest BCUT2D eigenvalue weighted by atomic mass is 9.94. The molecule has 0 spiro atoms. The van der Waals surface area contributed by atoms with Crippen molar-refractivity contribution in [3.63, 3.8) is 0 Å². The predicted octanol–water partition coefficient (Wildman–Crippen LogP) is 15.2. The van der Waals surface area contributed by atoms with Crippen LogP contribution in [0, 0.1) is 11.8 Å². The van der Waals surface area contributed by atoms with E-state index in [1.165, 1.54) is 180 Å². The Morgan fingerprint density at radius 1 is 0.379 bits per heavy atom. The lowest BCUT2D eigenvalue weighted by molar-refractivity contribution is -0.146. The molecule has 7 nitrogen and oxygen atoms in total. The van der Waals surface area contributed by atoms with Gasteiger partial charge in [-0.2, -0.15) is 0 Å². The molecule has 0 fully saturated rings. The van der Waals surface area contributed by atoms with E-state index in [2.05, 4.69) is 32.6 Å². The van der Waals surface area contributed by atoms with Gasteiger partial charge in [-0.1, -0.05) is 195 Å². The van der Waals surface area contributed by atoms with Crippen molar-refractivity contribution in [2.24, 2.45) is 11.8 Å². The maximum absolute atomic E-state index is 12.7. The minimum atomic E-state index is -0.770. The highest BCUT2D eigenvalue weighted by Crippen LogP contribution is 2.22. The predicted molar refractivity (Wildman–Crippen MR) is 246 cm³/mol. The lowest BCUT2D eigenvalue weighted by Gasteiger charge is -2.21. The number of rotatable bonds is 47. The maximum atomic E-state index is 12.7. The van der Waals surface area contributed by atoms with Crippen LogP contribution < -0.4 is 0 Å². The maximum Gasteiger partial charge on any atom is 0.305 e. The van der Waals surface area contributed by atoms with Crippen molar-refractivity contribution in [1.29, 1.82) is 0 Å².